The van der Waals surface area contributed by atoms with Gasteiger partial charge in [0.15, 0.2) is 5.65 Å². The summed E-state index contributed by atoms with van der Waals surface area (Å²) < 4.78 is 0. The van der Waals surface area contributed by atoms with Crippen LogP contribution in [0.3, 0.4) is 0 Å². The lowest BCUT2D eigenvalue weighted by molar-refractivity contribution is 1.11. The van der Waals surface area contributed by atoms with Crippen LogP contribution >= 0.6 is 22.7 Å². The summed E-state index contributed by atoms with van der Waals surface area (Å²) in [5.74, 6) is 0.243. The van der Waals surface area contributed by atoms with Crippen molar-refractivity contribution in [3.8, 4) is 21.0 Å². The molecule has 0 bridgehead atoms. The number of benzene rings is 1. The molecule has 0 unspecified atom stereocenters. The van der Waals surface area contributed by atoms with Crippen molar-refractivity contribution in [2.24, 2.45) is 5.10 Å². The molecule has 1 aromatic carbocycles. The second kappa shape index (κ2) is 8.02. The Hall–Kier alpha value is -3.62. The molecule has 4 heterocycles. The van der Waals surface area contributed by atoms with Gasteiger partial charge in [-0.25, -0.2) is 10.4 Å². The number of aromatic nitrogens is 3. The Morgan fingerprint density at radius 3 is 2.43 bits per heavy atom. The van der Waals surface area contributed by atoms with Gasteiger partial charge >= 0.3 is 0 Å². The second-order valence-corrected chi connectivity index (χ2v) is 8.30. The van der Waals surface area contributed by atoms with Gasteiger partial charge in [0.2, 0.25) is 5.95 Å². The van der Waals surface area contributed by atoms with E-state index in [-0.39, 0.29) is 11.5 Å². The van der Waals surface area contributed by atoms with Gasteiger partial charge < -0.3 is 0 Å². The minimum absolute atomic E-state index is 0.243. The zero-order valence-corrected chi connectivity index (χ0v) is 17.2. The molecule has 0 fully saturated rings. The van der Waals surface area contributed by atoms with Crippen LogP contribution in [0.25, 0.3) is 32.0 Å². The molecule has 30 heavy (non-hydrogen) atoms. The van der Waals surface area contributed by atoms with Crippen molar-refractivity contribution in [2.45, 2.75) is 0 Å². The molecule has 4 aromatic heterocycles. The van der Waals surface area contributed by atoms with Crippen LogP contribution in [-0.4, -0.2) is 21.2 Å². The number of nitrogens with zero attached hydrogens (tertiary/aromatic N) is 3. The van der Waals surface area contributed by atoms with Gasteiger partial charge in [-0.2, -0.15) is 10.1 Å². The number of rotatable bonds is 5. The molecule has 5 rings (SSSR count). The highest BCUT2D eigenvalue weighted by molar-refractivity contribution is 7.14. The second-order valence-electron chi connectivity index (χ2n) is 6.40. The van der Waals surface area contributed by atoms with Crippen molar-refractivity contribution in [1.82, 2.24) is 15.0 Å². The molecule has 0 spiro atoms. The first kappa shape index (κ1) is 18.4. The largest absolute Gasteiger partial charge is 0.291 e. The lowest BCUT2D eigenvalue weighted by Crippen LogP contribution is -2.13. The maximum absolute atomic E-state index is 12.9. The van der Waals surface area contributed by atoms with E-state index in [0.29, 0.717) is 11.0 Å². The number of aromatic amines is 1. The number of hydrogen-bond acceptors (Lipinski definition) is 7. The summed E-state index contributed by atoms with van der Waals surface area (Å²) in [5, 5.41) is 8.63. The Balaban J connectivity index is 1.61. The lowest BCUT2D eigenvalue weighted by atomic mass is 10.1. The van der Waals surface area contributed by atoms with Crippen molar-refractivity contribution >= 4 is 45.9 Å². The number of thiophene rings is 2. The van der Waals surface area contributed by atoms with Crippen LogP contribution in [0.2, 0.25) is 0 Å². The van der Waals surface area contributed by atoms with Crippen LogP contribution in [0.1, 0.15) is 5.56 Å². The fourth-order valence-corrected chi connectivity index (χ4v) is 4.51. The highest BCUT2D eigenvalue weighted by Crippen LogP contribution is 2.33. The maximum Gasteiger partial charge on any atom is 0.262 e. The molecule has 0 amide bonds. The first-order valence-electron chi connectivity index (χ1n) is 9.15. The first-order valence-corrected chi connectivity index (χ1v) is 10.9. The number of nitrogens with one attached hydrogen (secondary N) is 2. The molecule has 0 aliphatic heterocycles. The molecule has 0 aliphatic carbocycles. The molecule has 5 aromatic rings. The molecule has 0 atom stereocenters. The zero-order valence-electron chi connectivity index (χ0n) is 15.6. The molecule has 0 saturated carbocycles. The number of hydrazone groups is 1. The summed E-state index contributed by atoms with van der Waals surface area (Å²) >= 11 is 3.18. The Morgan fingerprint density at radius 2 is 1.70 bits per heavy atom. The van der Waals surface area contributed by atoms with Gasteiger partial charge in [0.1, 0.15) is 0 Å². The topological polar surface area (TPSA) is 83.0 Å². The van der Waals surface area contributed by atoms with Gasteiger partial charge in [0, 0.05) is 10.4 Å². The molecular weight excluding hydrogens is 414 g/mol. The average molecular weight is 430 g/mol. The number of anilines is 1. The SMILES string of the molecule is O=c1[nH]c(NN=Cc2ccccc2)nc2nc(-c3cccs3)cc(-c3cccs3)c12. The van der Waals surface area contributed by atoms with Crippen LogP contribution in [-0.2, 0) is 0 Å². The molecule has 8 heteroatoms. The van der Waals surface area contributed by atoms with Crippen LogP contribution in [0.5, 0.6) is 0 Å². The van der Waals surface area contributed by atoms with Crippen molar-refractivity contribution in [3.05, 3.63) is 87.3 Å². The Labute approximate surface area is 179 Å². The number of pyridine rings is 1. The van der Waals surface area contributed by atoms with Crippen molar-refractivity contribution < 1.29 is 0 Å². The van der Waals surface area contributed by atoms with E-state index in [4.69, 9.17) is 0 Å². The summed E-state index contributed by atoms with van der Waals surface area (Å²) in [5.41, 5.74) is 5.48. The summed E-state index contributed by atoms with van der Waals surface area (Å²) in [6.07, 6.45) is 1.66. The predicted molar refractivity (Wildman–Crippen MR) is 124 cm³/mol. The molecule has 2 N–H and O–H groups in total. The highest BCUT2D eigenvalue weighted by atomic mass is 32.1. The highest BCUT2D eigenvalue weighted by Gasteiger charge is 2.15. The number of H-pyrrole nitrogens is 1. The third-order valence-corrected chi connectivity index (χ3v) is 6.22. The van der Waals surface area contributed by atoms with Gasteiger partial charge in [-0.3, -0.25) is 9.78 Å². The van der Waals surface area contributed by atoms with E-state index in [1.54, 1.807) is 28.9 Å². The van der Waals surface area contributed by atoms with Crippen LogP contribution in [0, 0.1) is 0 Å². The maximum atomic E-state index is 12.9. The Bertz CT molecular complexity index is 1370. The van der Waals surface area contributed by atoms with E-state index >= 15 is 0 Å². The molecule has 6 nitrogen and oxygen atoms in total. The molecule has 0 saturated heterocycles. The Kier molecular flexibility index (Phi) is 4.92. The average Bonchev–Trinajstić information content (AvgIpc) is 3.48. The van der Waals surface area contributed by atoms with E-state index in [2.05, 4.69) is 25.5 Å². The zero-order chi connectivity index (χ0) is 20.3. The normalized spacial score (nSPS) is 11.3. The van der Waals surface area contributed by atoms with E-state index in [9.17, 15) is 4.79 Å². The lowest BCUT2D eigenvalue weighted by Gasteiger charge is -2.08. The third-order valence-electron chi connectivity index (χ3n) is 4.42. The van der Waals surface area contributed by atoms with Crippen molar-refractivity contribution in [2.75, 3.05) is 5.43 Å². The Morgan fingerprint density at radius 1 is 0.933 bits per heavy atom. The van der Waals surface area contributed by atoms with Gasteiger partial charge in [-0.1, -0.05) is 42.5 Å². The van der Waals surface area contributed by atoms with Gasteiger partial charge in [-0.05, 0) is 34.5 Å². The van der Waals surface area contributed by atoms with Gasteiger partial charge in [0.25, 0.3) is 5.56 Å². The summed E-state index contributed by atoms with van der Waals surface area (Å²) in [6.45, 7) is 0. The number of hydrogen-bond donors (Lipinski definition) is 2. The fraction of sp³-hybridized carbons (Fsp3) is 0. The minimum Gasteiger partial charge on any atom is -0.291 e. The predicted octanol–water partition coefficient (Wildman–Crippen LogP) is 5.22. The molecule has 0 aliphatic rings. The van der Waals surface area contributed by atoms with E-state index in [1.807, 2.05) is 71.4 Å². The smallest absolute Gasteiger partial charge is 0.262 e. The fourth-order valence-electron chi connectivity index (χ4n) is 3.08. The monoisotopic (exact) mass is 429 g/mol. The standard InChI is InChI=1S/C22H15N5OS2/c28-21-19-15(17-8-4-10-29-17)12-16(18-9-5-11-30-18)24-20(19)25-22(26-21)27-23-13-14-6-2-1-3-7-14/h1-13H,(H2,24,25,26,27,28). The first-order chi connectivity index (χ1) is 14.8. The van der Waals surface area contributed by atoms with Crippen LogP contribution in [0.4, 0.5) is 5.95 Å². The van der Waals surface area contributed by atoms with Crippen molar-refractivity contribution in [1.29, 1.82) is 0 Å². The molecule has 146 valence electrons. The van der Waals surface area contributed by atoms with Crippen LogP contribution < -0.4 is 11.0 Å². The minimum atomic E-state index is -0.258. The van der Waals surface area contributed by atoms with Gasteiger partial charge in [0.05, 0.1) is 22.2 Å². The summed E-state index contributed by atoms with van der Waals surface area (Å²) in [4.78, 5) is 26.9. The summed E-state index contributed by atoms with van der Waals surface area (Å²) in [6, 6.07) is 19.6. The van der Waals surface area contributed by atoms with E-state index < -0.39 is 0 Å². The summed E-state index contributed by atoms with van der Waals surface area (Å²) in [7, 11) is 0. The third kappa shape index (κ3) is 3.66. The molecule has 0 radical (unpaired) electrons. The quantitative estimate of drug-likeness (QED) is 0.296. The van der Waals surface area contributed by atoms with E-state index in [0.717, 1.165) is 26.6 Å². The van der Waals surface area contributed by atoms with Gasteiger partial charge in [-0.15, -0.1) is 22.7 Å². The molecular formula is C22H15N5OS2. The van der Waals surface area contributed by atoms with E-state index in [1.165, 1.54) is 0 Å². The van der Waals surface area contributed by atoms with Crippen LogP contribution in [0.15, 0.2) is 81.3 Å². The van der Waals surface area contributed by atoms with Crippen molar-refractivity contribution in [3.63, 3.8) is 0 Å². The number of fused-ring (bicyclic) bond motifs is 1.